The van der Waals surface area contributed by atoms with Crippen molar-refractivity contribution in [2.24, 2.45) is 0 Å². The zero-order valence-corrected chi connectivity index (χ0v) is 10.4. The van der Waals surface area contributed by atoms with E-state index in [2.05, 4.69) is 28.4 Å². The third-order valence-electron chi connectivity index (χ3n) is 3.89. The lowest BCUT2D eigenvalue weighted by atomic mass is 9.94. The SMILES string of the molecule is CC1=CC[C@H](N[C@@H]2CCCn3ncnc32)CC1. The van der Waals surface area contributed by atoms with Crippen LogP contribution in [0, 0.1) is 0 Å². The van der Waals surface area contributed by atoms with E-state index in [1.165, 1.54) is 31.3 Å². The standard InChI is InChI=1S/C13H20N4/c1-10-4-6-11(7-5-10)16-12-3-2-8-17-13(12)14-9-15-17/h4,9,11-12,16H,2-3,5-8H2,1H3/t11-,12+/m0/s1. The largest absolute Gasteiger partial charge is 0.304 e. The predicted molar refractivity (Wildman–Crippen MR) is 66.5 cm³/mol. The van der Waals surface area contributed by atoms with Gasteiger partial charge in [-0.15, -0.1) is 0 Å². The first-order chi connectivity index (χ1) is 8.33. The Morgan fingerprint density at radius 3 is 3.18 bits per heavy atom. The zero-order chi connectivity index (χ0) is 11.7. The second-order valence-electron chi connectivity index (χ2n) is 5.22. The van der Waals surface area contributed by atoms with Crippen molar-refractivity contribution in [3.05, 3.63) is 23.8 Å². The molecule has 0 amide bonds. The van der Waals surface area contributed by atoms with Gasteiger partial charge in [0.25, 0.3) is 0 Å². The quantitative estimate of drug-likeness (QED) is 0.795. The highest BCUT2D eigenvalue weighted by molar-refractivity contribution is 5.06. The van der Waals surface area contributed by atoms with Gasteiger partial charge in [-0.05, 0) is 39.0 Å². The summed E-state index contributed by atoms with van der Waals surface area (Å²) in [6, 6.07) is 1.02. The molecule has 2 atom stereocenters. The van der Waals surface area contributed by atoms with Crippen molar-refractivity contribution in [2.75, 3.05) is 0 Å². The first kappa shape index (κ1) is 11.0. The van der Waals surface area contributed by atoms with E-state index in [1.54, 1.807) is 6.33 Å². The fraction of sp³-hybridized carbons (Fsp3) is 0.692. The van der Waals surface area contributed by atoms with Crippen molar-refractivity contribution < 1.29 is 0 Å². The summed E-state index contributed by atoms with van der Waals surface area (Å²) in [5, 5.41) is 8.02. The van der Waals surface area contributed by atoms with Crippen molar-refractivity contribution in [3.8, 4) is 0 Å². The Labute approximate surface area is 102 Å². The minimum atomic E-state index is 0.406. The molecule has 17 heavy (non-hydrogen) atoms. The van der Waals surface area contributed by atoms with Crippen molar-refractivity contribution >= 4 is 0 Å². The summed E-state index contributed by atoms with van der Waals surface area (Å²) < 4.78 is 2.05. The van der Waals surface area contributed by atoms with Gasteiger partial charge in [0, 0.05) is 12.6 Å². The van der Waals surface area contributed by atoms with Crippen LogP contribution in [-0.2, 0) is 6.54 Å². The molecule has 1 aromatic heterocycles. The molecular formula is C13H20N4. The van der Waals surface area contributed by atoms with E-state index < -0.39 is 0 Å². The molecule has 4 nitrogen and oxygen atoms in total. The molecule has 0 unspecified atom stereocenters. The zero-order valence-electron chi connectivity index (χ0n) is 10.4. The van der Waals surface area contributed by atoms with E-state index in [-0.39, 0.29) is 0 Å². The fourth-order valence-corrected chi connectivity index (χ4v) is 2.85. The minimum absolute atomic E-state index is 0.406. The number of nitrogens with zero attached hydrogens (tertiary/aromatic N) is 3. The van der Waals surface area contributed by atoms with Gasteiger partial charge in [-0.3, -0.25) is 0 Å². The number of hydrogen-bond donors (Lipinski definition) is 1. The number of nitrogens with one attached hydrogen (secondary N) is 1. The predicted octanol–water partition coefficient (Wildman–Crippen LogP) is 2.20. The Kier molecular flexibility index (Phi) is 2.97. The van der Waals surface area contributed by atoms with Crippen LogP contribution in [0.3, 0.4) is 0 Å². The van der Waals surface area contributed by atoms with Crippen molar-refractivity contribution in [3.63, 3.8) is 0 Å². The average molecular weight is 232 g/mol. The summed E-state index contributed by atoms with van der Waals surface area (Å²) in [6.07, 6.45) is 10.1. The molecule has 1 aliphatic carbocycles. The average Bonchev–Trinajstić information content (AvgIpc) is 2.81. The van der Waals surface area contributed by atoms with Crippen molar-refractivity contribution in [2.45, 2.75) is 57.7 Å². The maximum atomic E-state index is 4.39. The van der Waals surface area contributed by atoms with Gasteiger partial charge in [0.15, 0.2) is 0 Å². The number of aromatic nitrogens is 3. The molecule has 0 saturated carbocycles. The molecule has 0 fully saturated rings. The summed E-state index contributed by atoms with van der Waals surface area (Å²) in [6.45, 7) is 3.25. The minimum Gasteiger partial charge on any atom is -0.304 e. The lowest BCUT2D eigenvalue weighted by Crippen LogP contribution is -2.37. The van der Waals surface area contributed by atoms with Crippen LogP contribution in [0.1, 0.15) is 50.9 Å². The molecule has 0 spiro atoms. The Hall–Kier alpha value is -1.16. The highest BCUT2D eigenvalue weighted by atomic mass is 15.3. The van der Waals surface area contributed by atoms with Crippen LogP contribution in [0.15, 0.2) is 18.0 Å². The molecule has 0 aromatic carbocycles. The van der Waals surface area contributed by atoms with E-state index >= 15 is 0 Å². The first-order valence-electron chi connectivity index (χ1n) is 6.62. The van der Waals surface area contributed by atoms with Gasteiger partial charge >= 0.3 is 0 Å². The summed E-state index contributed by atoms with van der Waals surface area (Å²) in [7, 11) is 0. The van der Waals surface area contributed by atoms with Crippen LogP contribution in [0.2, 0.25) is 0 Å². The van der Waals surface area contributed by atoms with Crippen LogP contribution in [0.5, 0.6) is 0 Å². The third-order valence-corrected chi connectivity index (χ3v) is 3.89. The Bertz CT molecular complexity index is 421. The van der Waals surface area contributed by atoms with Gasteiger partial charge in [-0.2, -0.15) is 5.10 Å². The summed E-state index contributed by atoms with van der Waals surface area (Å²) in [4.78, 5) is 4.39. The van der Waals surface area contributed by atoms with Gasteiger partial charge in [0.05, 0.1) is 6.04 Å². The van der Waals surface area contributed by atoms with Gasteiger partial charge in [0.2, 0.25) is 0 Å². The molecule has 1 aromatic rings. The van der Waals surface area contributed by atoms with E-state index in [0.717, 1.165) is 18.8 Å². The highest BCUT2D eigenvalue weighted by Gasteiger charge is 2.25. The van der Waals surface area contributed by atoms with E-state index in [0.29, 0.717) is 12.1 Å². The number of aryl methyl sites for hydroxylation is 1. The molecular weight excluding hydrogens is 212 g/mol. The monoisotopic (exact) mass is 232 g/mol. The Balaban J connectivity index is 1.67. The van der Waals surface area contributed by atoms with Gasteiger partial charge in [-0.25, -0.2) is 9.67 Å². The number of hydrogen-bond acceptors (Lipinski definition) is 3. The molecule has 0 radical (unpaired) electrons. The van der Waals surface area contributed by atoms with Gasteiger partial charge in [0.1, 0.15) is 12.2 Å². The van der Waals surface area contributed by atoms with Crippen molar-refractivity contribution in [1.82, 2.24) is 20.1 Å². The lowest BCUT2D eigenvalue weighted by molar-refractivity contribution is 0.322. The lowest BCUT2D eigenvalue weighted by Gasteiger charge is -2.29. The van der Waals surface area contributed by atoms with Crippen LogP contribution < -0.4 is 5.32 Å². The molecule has 1 N–H and O–H groups in total. The first-order valence-corrected chi connectivity index (χ1v) is 6.62. The molecule has 1 aliphatic heterocycles. The van der Waals surface area contributed by atoms with Crippen LogP contribution in [-0.4, -0.2) is 20.8 Å². The maximum Gasteiger partial charge on any atom is 0.143 e. The Morgan fingerprint density at radius 2 is 2.35 bits per heavy atom. The molecule has 2 heterocycles. The van der Waals surface area contributed by atoms with E-state index in [1.807, 2.05) is 4.68 Å². The maximum absolute atomic E-state index is 4.39. The van der Waals surface area contributed by atoms with E-state index in [9.17, 15) is 0 Å². The molecule has 3 rings (SSSR count). The summed E-state index contributed by atoms with van der Waals surface area (Å²) >= 11 is 0. The van der Waals surface area contributed by atoms with Gasteiger partial charge in [-0.1, -0.05) is 11.6 Å². The number of fused-ring (bicyclic) bond motifs is 1. The van der Waals surface area contributed by atoms with Crippen LogP contribution in [0.25, 0.3) is 0 Å². The normalized spacial score (nSPS) is 28.6. The van der Waals surface area contributed by atoms with Crippen LogP contribution in [0.4, 0.5) is 0 Å². The van der Waals surface area contributed by atoms with Crippen LogP contribution >= 0.6 is 0 Å². The number of rotatable bonds is 2. The molecule has 0 saturated heterocycles. The van der Waals surface area contributed by atoms with Crippen molar-refractivity contribution in [1.29, 1.82) is 0 Å². The molecule has 2 aliphatic rings. The summed E-state index contributed by atoms with van der Waals surface area (Å²) in [5.74, 6) is 1.13. The Morgan fingerprint density at radius 1 is 1.41 bits per heavy atom. The topological polar surface area (TPSA) is 42.7 Å². The smallest absolute Gasteiger partial charge is 0.143 e. The third kappa shape index (κ3) is 2.27. The molecule has 4 heteroatoms. The summed E-state index contributed by atoms with van der Waals surface area (Å²) in [5.41, 5.74) is 1.54. The van der Waals surface area contributed by atoms with E-state index in [4.69, 9.17) is 0 Å². The second kappa shape index (κ2) is 4.61. The highest BCUT2D eigenvalue weighted by Crippen LogP contribution is 2.25. The van der Waals surface area contributed by atoms with Gasteiger partial charge < -0.3 is 5.32 Å². The molecule has 92 valence electrons. The molecule has 0 bridgehead atoms. The second-order valence-corrected chi connectivity index (χ2v) is 5.22. The fourth-order valence-electron chi connectivity index (χ4n) is 2.85. The number of allylic oxidation sites excluding steroid dienone is 1.